The lowest BCUT2D eigenvalue weighted by Crippen LogP contribution is -2.15. The van der Waals surface area contributed by atoms with Gasteiger partial charge >= 0.3 is 11.9 Å². The molecule has 126 valence electrons. The molecule has 0 fully saturated rings. The molecule has 0 aliphatic rings. The Morgan fingerprint density at radius 2 is 1.92 bits per heavy atom. The van der Waals surface area contributed by atoms with Gasteiger partial charge < -0.3 is 14.8 Å². The molecule has 0 saturated heterocycles. The Morgan fingerprint density at radius 3 is 2.44 bits per heavy atom. The van der Waals surface area contributed by atoms with E-state index in [2.05, 4.69) is 4.98 Å². The van der Waals surface area contributed by atoms with Gasteiger partial charge in [-0.3, -0.25) is 0 Å². The minimum atomic E-state index is -1.42. The summed E-state index contributed by atoms with van der Waals surface area (Å²) in [7, 11) is 0. The Bertz CT molecular complexity index is 923. The van der Waals surface area contributed by atoms with E-state index in [1.807, 2.05) is 19.1 Å². The first-order chi connectivity index (χ1) is 11.9. The average molecular weight is 356 g/mol. The van der Waals surface area contributed by atoms with E-state index in [4.69, 9.17) is 15.6 Å². The molecule has 8 nitrogen and oxygen atoms in total. The number of carboxylic acid groups (broad SMARTS) is 2. The second-order valence-corrected chi connectivity index (χ2v) is 6.12. The fraction of sp³-hybridized carbons (Fsp3) is 0.188. The molecule has 0 spiro atoms. The van der Waals surface area contributed by atoms with Crippen LogP contribution >= 0.6 is 11.8 Å². The number of thioether (sulfide) groups is 1. The summed E-state index contributed by atoms with van der Waals surface area (Å²) in [5.41, 5.74) is -0.454. The maximum Gasteiger partial charge on any atom is 0.357 e. The molecular weight excluding hydrogens is 344 g/mol. The van der Waals surface area contributed by atoms with E-state index in [9.17, 15) is 14.7 Å². The predicted molar refractivity (Wildman–Crippen MR) is 87.2 cm³/mol. The minimum absolute atomic E-state index is 0.220. The van der Waals surface area contributed by atoms with Crippen LogP contribution < -0.4 is 0 Å². The van der Waals surface area contributed by atoms with Crippen LogP contribution in [0.5, 0.6) is 0 Å². The van der Waals surface area contributed by atoms with Gasteiger partial charge in [-0.15, -0.1) is 11.8 Å². The summed E-state index contributed by atoms with van der Waals surface area (Å²) in [4.78, 5) is 26.9. The molecule has 2 N–H and O–H groups in total. The van der Waals surface area contributed by atoms with Gasteiger partial charge in [0.1, 0.15) is 12.1 Å². The molecule has 1 aromatic carbocycles. The van der Waals surface area contributed by atoms with E-state index in [1.54, 1.807) is 12.1 Å². The third-order valence-corrected chi connectivity index (χ3v) is 4.72. The lowest BCUT2D eigenvalue weighted by Gasteiger charge is -2.18. The number of carboxylic acids is 2. The number of imidazole rings is 1. The predicted octanol–water partition coefficient (Wildman–Crippen LogP) is 2.72. The summed E-state index contributed by atoms with van der Waals surface area (Å²) in [5.74, 6) is -2.80. The molecule has 0 amide bonds. The van der Waals surface area contributed by atoms with Crippen LogP contribution in [-0.4, -0.2) is 31.7 Å². The first-order valence-corrected chi connectivity index (χ1v) is 7.95. The van der Waals surface area contributed by atoms with Gasteiger partial charge in [0.2, 0.25) is 0 Å². The van der Waals surface area contributed by atoms with Gasteiger partial charge in [-0.25, -0.2) is 14.6 Å². The molecule has 1 atom stereocenters. The van der Waals surface area contributed by atoms with Gasteiger partial charge in [-0.2, -0.15) is 10.5 Å². The largest absolute Gasteiger partial charge is 0.476 e. The Hall–Kier alpha value is -3.30. The number of rotatable bonds is 6. The fourth-order valence-corrected chi connectivity index (χ4v) is 3.31. The quantitative estimate of drug-likeness (QED) is 0.753. The van der Waals surface area contributed by atoms with Crippen molar-refractivity contribution in [2.24, 2.45) is 0 Å². The second kappa shape index (κ2) is 7.51. The van der Waals surface area contributed by atoms with Gasteiger partial charge in [0, 0.05) is 4.90 Å². The number of nitrogens with zero attached hydrogens (tertiary/aromatic N) is 4. The standard InChI is InChI=1S/C16H12N4O4S/c1-2-12(20-8-19-13(15(21)22)14(20)16(23)24)25-11-4-3-9(6-17)10(5-11)7-18/h3-5,8,12H,2H2,1H3,(H,21,22)(H,23,24). The second-order valence-electron chi connectivity index (χ2n) is 4.87. The highest BCUT2D eigenvalue weighted by Gasteiger charge is 2.26. The highest BCUT2D eigenvalue weighted by atomic mass is 32.2. The summed E-state index contributed by atoms with van der Waals surface area (Å²) < 4.78 is 1.29. The summed E-state index contributed by atoms with van der Waals surface area (Å²) in [6.07, 6.45) is 1.67. The number of aromatic nitrogens is 2. The lowest BCUT2D eigenvalue weighted by atomic mass is 10.1. The molecule has 25 heavy (non-hydrogen) atoms. The normalized spacial score (nSPS) is 11.3. The Kier molecular flexibility index (Phi) is 5.42. The van der Waals surface area contributed by atoms with Gasteiger partial charge in [-0.05, 0) is 24.6 Å². The Morgan fingerprint density at radius 1 is 1.24 bits per heavy atom. The topological polar surface area (TPSA) is 140 Å². The third kappa shape index (κ3) is 3.62. The van der Waals surface area contributed by atoms with Gasteiger partial charge in [0.15, 0.2) is 11.4 Å². The zero-order chi connectivity index (χ0) is 18.6. The third-order valence-electron chi connectivity index (χ3n) is 3.36. The van der Waals surface area contributed by atoms with Crippen molar-refractivity contribution in [3.8, 4) is 12.1 Å². The number of aromatic carboxylic acids is 2. The van der Waals surface area contributed by atoms with Crippen molar-refractivity contribution in [3.05, 3.63) is 47.0 Å². The summed E-state index contributed by atoms with van der Waals surface area (Å²) >= 11 is 1.25. The SMILES string of the molecule is CCC(Sc1ccc(C#N)c(C#N)c1)n1cnc(C(=O)O)c1C(=O)O. The van der Waals surface area contributed by atoms with E-state index in [0.29, 0.717) is 11.3 Å². The molecule has 9 heteroatoms. The maximum atomic E-state index is 11.5. The van der Waals surface area contributed by atoms with Crippen LogP contribution in [0.1, 0.15) is 50.8 Å². The highest BCUT2D eigenvalue weighted by Crippen LogP contribution is 2.35. The van der Waals surface area contributed by atoms with E-state index in [1.165, 1.54) is 28.7 Å². The van der Waals surface area contributed by atoms with Crippen LogP contribution in [0.2, 0.25) is 0 Å². The summed E-state index contributed by atoms with van der Waals surface area (Å²) in [5, 5.41) is 36.0. The molecule has 2 rings (SSSR count). The molecule has 1 heterocycles. The molecule has 0 radical (unpaired) electrons. The van der Waals surface area contributed by atoms with Crippen molar-refractivity contribution in [3.63, 3.8) is 0 Å². The van der Waals surface area contributed by atoms with Crippen LogP contribution in [0, 0.1) is 22.7 Å². The number of benzene rings is 1. The first kappa shape index (κ1) is 18.0. The van der Waals surface area contributed by atoms with Crippen LogP contribution in [-0.2, 0) is 0 Å². The van der Waals surface area contributed by atoms with Crippen LogP contribution in [0.4, 0.5) is 0 Å². The fourth-order valence-electron chi connectivity index (χ4n) is 2.23. The van der Waals surface area contributed by atoms with Crippen molar-refractivity contribution in [1.29, 1.82) is 10.5 Å². The molecular formula is C16H12N4O4S. The molecule has 1 aromatic heterocycles. The Labute approximate surface area is 147 Å². The van der Waals surface area contributed by atoms with Crippen molar-refractivity contribution in [2.75, 3.05) is 0 Å². The van der Waals surface area contributed by atoms with Crippen LogP contribution in [0.25, 0.3) is 0 Å². The number of carbonyl (C=O) groups is 2. The van der Waals surface area contributed by atoms with Gasteiger partial charge in [-0.1, -0.05) is 6.92 Å². The molecule has 2 aromatic rings. The first-order valence-electron chi connectivity index (χ1n) is 7.07. The number of hydrogen-bond acceptors (Lipinski definition) is 6. The van der Waals surface area contributed by atoms with E-state index < -0.39 is 28.7 Å². The van der Waals surface area contributed by atoms with Crippen molar-refractivity contribution >= 4 is 23.7 Å². The molecule has 0 aliphatic heterocycles. The smallest absolute Gasteiger partial charge is 0.357 e. The Balaban J connectivity index is 2.43. The maximum absolute atomic E-state index is 11.5. The van der Waals surface area contributed by atoms with Crippen LogP contribution in [0.15, 0.2) is 29.4 Å². The monoisotopic (exact) mass is 356 g/mol. The van der Waals surface area contributed by atoms with Gasteiger partial charge in [0.05, 0.1) is 22.8 Å². The van der Waals surface area contributed by atoms with Crippen molar-refractivity contribution in [2.45, 2.75) is 23.6 Å². The van der Waals surface area contributed by atoms with E-state index in [-0.39, 0.29) is 11.1 Å². The molecule has 0 saturated carbocycles. The summed E-state index contributed by atoms with van der Waals surface area (Å²) in [6.45, 7) is 1.82. The molecule has 0 aliphatic carbocycles. The number of nitriles is 2. The minimum Gasteiger partial charge on any atom is -0.476 e. The zero-order valence-electron chi connectivity index (χ0n) is 13.0. The molecule has 0 bridgehead atoms. The van der Waals surface area contributed by atoms with Crippen molar-refractivity contribution < 1.29 is 19.8 Å². The van der Waals surface area contributed by atoms with Crippen molar-refractivity contribution in [1.82, 2.24) is 9.55 Å². The van der Waals surface area contributed by atoms with E-state index >= 15 is 0 Å². The van der Waals surface area contributed by atoms with E-state index in [0.717, 1.165) is 0 Å². The lowest BCUT2D eigenvalue weighted by molar-refractivity contribution is 0.0640. The zero-order valence-corrected chi connectivity index (χ0v) is 13.8. The van der Waals surface area contributed by atoms with Gasteiger partial charge in [0.25, 0.3) is 0 Å². The number of hydrogen-bond donors (Lipinski definition) is 2. The average Bonchev–Trinajstić information content (AvgIpc) is 3.04. The highest BCUT2D eigenvalue weighted by molar-refractivity contribution is 7.99. The summed E-state index contributed by atoms with van der Waals surface area (Å²) in [6, 6.07) is 8.58. The van der Waals surface area contributed by atoms with Crippen LogP contribution in [0.3, 0.4) is 0 Å². The molecule has 1 unspecified atom stereocenters.